The monoisotopic (exact) mass is 714 g/mol. The van der Waals surface area contributed by atoms with E-state index in [0.29, 0.717) is 32.2 Å². The molecule has 0 aromatic heterocycles. The van der Waals surface area contributed by atoms with Gasteiger partial charge in [-0.3, -0.25) is 24.0 Å². The molecule has 0 unspecified atom stereocenters. The van der Waals surface area contributed by atoms with E-state index in [4.69, 9.17) is 0 Å². The first-order chi connectivity index (χ1) is 23.8. The molecule has 10 heteroatoms. The molecule has 3 aliphatic heterocycles. The van der Waals surface area contributed by atoms with Crippen molar-refractivity contribution in [2.75, 3.05) is 12.3 Å². The van der Waals surface area contributed by atoms with Crippen LogP contribution in [0.3, 0.4) is 0 Å². The van der Waals surface area contributed by atoms with Gasteiger partial charge >= 0.3 is 0 Å². The molecule has 0 spiro atoms. The Kier molecular flexibility index (Phi) is 11.7. The fourth-order valence-electron chi connectivity index (χ4n) is 10.7. The Morgan fingerprint density at radius 2 is 1.42 bits per heavy atom. The molecule has 1 N–H and O–H groups in total. The maximum absolute atomic E-state index is 14.6. The molecular weight excluding hydrogens is 653 g/mol. The number of carbonyl (C=O) groups excluding carboxylic acids is 5. The molecule has 6 aliphatic rings. The van der Waals surface area contributed by atoms with E-state index >= 15 is 0 Å². The number of Topliss-reactive ketones (excluding diaryl/α,β-unsaturated/α-hetero) is 3. The lowest BCUT2D eigenvalue weighted by atomic mass is 9.67. The first-order valence-electron chi connectivity index (χ1n) is 20.3. The summed E-state index contributed by atoms with van der Waals surface area (Å²) in [6.07, 6.45) is 16.7. The molecule has 280 valence electrons. The van der Waals surface area contributed by atoms with Gasteiger partial charge in [0.15, 0.2) is 15.6 Å². The summed E-state index contributed by atoms with van der Waals surface area (Å²) in [4.78, 5) is 71.1. The number of sulfone groups is 1. The Hall–Kier alpha value is -2.10. The summed E-state index contributed by atoms with van der Waals surface area (Å²) in [6.45, 7) is 4.77. The van der Waals surface area contributed by atoms with Gasteiger partial charge < -0.3 is 10.2 Å². The van der Waals surface area contributed by atoms with Crippen LogP contribution in [0.2, 0.25) is 0 Å². The van der Waals surface area contributed by atoms with Crippen molar-refractivity contribution in [3.05, 3.63) is 0 Å². The molecule has 6 fully saturated rings. The van der Waals surface area contributed by atoms with Crippen molar-refractivity contribution in [1.29, 1.82) is 0 Å². The van der Waals surface area contributed by atoms with Crippen LogP contribution in [0.25, 0.3) is 0 Å². The van der Waals surface area contributed by atoms with Gasteiger partial charge in [0.2, 0.25) is 11.7 Å². The third-order valence-electron chi connectivity index (χ3n) is 13.9. The number of carbonyl (C=O) groups is 5. The Balaban J connectivity index is 1.22. The topological polar surface area (TPSA) is 135 Å². The minimum atomic E-state index is -3.24. The van der Waals surface area contributed by atoms with Crippen molar-refractivity contribution in [3.8, 4) is 0 Å². The second kappa shape index (κ2) is 15.5. The minimum Gasteiger partial charge on any atom is -0.347 e. The van der Waals surface area contributed by atoms with E-state index in [9.17, 15) is 32.4 Å². The van der Waals surface area contributed by atoms with Crippen LogP contribution in [0.5, 0.6) is 0 Å². The number of nitrogens with zero attached hydrogens (tertiary/aromatic N) is 1. The van der Waals surface area contributed by atoms with Crippen LogP contribution in [0.4, 0.5) is 0 Å². The Labute approximate surface area is 300 Å². The summed E-state index contributed by atoms with van der Waals surface area (Å²) < 4.78 is 26.3. The van der Waals surface area contributed by atoms with Crippen molar-refractivity contribution in [3.63, 3.8) is 0 Å². The number of nitrogens with one attached hydrogen (secondary N) is 1. The van der Waals surface area contributed by atoms with Crippen LogP contribution < -0.4 is 5.32 Å². The fourth-order valence-corrected chi connectivity index (χ4v) is 13.2. The first-order valence-corrected chi connectivity index (χ1v) is 22.0. The summed E-state index contributed by atoms with van der Waals surface area (Å²) in [6, 6.07) is -0.589. The molecule has 0 radical (unpaired) electrons. The molecule has 50 heavy (non-hydrogen) atoms. The molecule has 3 saturated heterocycles. The van der Waals surface area contributed by atoms with Gasteiger partial charge in [-0.15, -0.1) is 0 Å². The maximum atomic E-state index is 14.6. The summed E-state index contributed by atoms with van der Waals surface area (Å²) in [5.74, 6) is -2.20. The summed E-state index contributed by atoms with van der Waals surface area (Å²) >= 11 is 0. The molecule has 3 heterocycles. The molecule has 0 bridgehead atoms. The molecule has 6 atom stereocenters. The predicted octanol–water partition coefficient (Wildman–Crippen LogP) is 6.30. The van der Waals surface area contributed by atoms with Crippen molar-refractivity contribution >= 4 is 39.0 Å². The van der Waals surface area contributed by atoms with E-state index in [-0.39, 0.29) is 65.8 Å². The molecule has 3 aliphatic carbocycles. The Bertz CT molecular complexity index is 1410. The number of amides is 2. The second-order valence-corrected chi connectivity index (χ2v) is 20.1. The van der Waals surface area contributed by atoms with Crippen LogP contribution in [-0.4, -0.2) is 72.1 Å². The molecular formula is C40H62N2O7S. The number of piperidine rings is 1. The zero-order valence-electron chi connectivity index (χ0n) is 30.7. The third-order valence-corrected chi connectivity index (χ3v) is 16.3. The minimum absolute atomic E-state index is 0.00603. The highest BCUT2D eigenvalue weighted by Crippen LogP contribution is 2.65. The van der Waals surface area contributed by atoms with Crippen molar-refractivity contribution in [2.24, 2.45) is 34.5 Å². The lowest BCUT2D eigenvalue weighted by Gasteiger charge is -2.41. The number of ketones is 3. The normalized spacial score (nSPS) is 34.6. The SMILES string of the molecule is CC1(C)[C@@H]2[C@H]3C(=O)C[C@H](C(=O)C(=O)NC4CC4)CCCCCCCCCC[C@H](CC(=O)CC4([C@@H]5CCCS5(=O)=O)CCCCC4)C(=O)N3C[C@@H]21. The lowest BCUT2D eigenvalue weighted by Crippen LogP contribution is -2.49. The molecule has 3 saturated carbocycles. The molecule has 0 aromatic rings. The average Bonchev–Trinajstić information content (AvgIpc) is 3.85. The van der Waals surface area contributed by atoms with E-state index in [1.807, 2.05) is 0 Å². The van der Waals surface area contributed by atoms with Crippen LogP contribution >= 0.6 is 0 Å². The van der Waals surface area contributed by atoms with Gasteiger partial charge in [0.25, 0.3) is 5.91 Å². The van der Waals surface area contributed by atoms with Gasteiger partial charge in [-0.1, -0.05) is 84.5 Å². The highest BCUT2D eigenvalue weighted by atomic mass is 32.2. The van der Waals surface area contributed by atoms with E-state index in [1.54, 1.807) is 4.90 Å². The average molecular weight is 715 g/mol. The van der Waals surface area contributed by atoms with E-state index < -0.39 is 50.1 Å². The van der Waals surface area contributed by atoms with Crippen LogP contribution in [-0.2, 0) is 33.8 Å². The number of rotatable bonds is 8. The molecule has 6 rings (SSSR count). The van der Waals surface area contributed by atoms with Crippen molar-refractivity contribution in [2.45, 2.75) is 172 Å². The van der Waals surface area contributed by atoms with Gasteiger partial charge in [0, 0.05) is 43.7 Å². The third kappa shape index (κ3) is 8.25. The summed E-state index contributed by atoms with van der Waals surface area (Å²) in [7, 11) is -3.24. The molecule has 2 amide bonds. The van der Waals surface area contributed by atoms with Crippen molar-refractivity contribution in [1.82, 2.24) is 10.2 Å². The quantitative estimate of drug-likeness (QED) is 0.292. The number of hydrogen-bond donors (Lipinski definition) is 1. The van der Waals surface area contributed by atoms with E-state index in [2.05, 4.69) is 19.2 Å². The number of fused-ring (bicyclic) bond motifs is 3. The highest BCUT2D eigenvalue weighted by molar-refractivity contribution is 7.92. The second-order valence-electron chi connectivity index (χ2n) is 17.8. The Morgan fingerprint density at radius 1 is 0.800 bits per heavy atom. The summed E-state index contributed by atoms with van der Waals surface area (Å²) in [5, 5.41) is 2.36. The van der Waals surface area contributed by atoms with Crippen LogP contribution in [0.15, 0.2) is 0 Å². The van der Waals surface area contributed by atoms with Gasteiger partial charge in [-0.2, -0.15) is 0 Å². The van der Waals surface area contributed by atoms with Crippen molar-refractivity contribution < 1.29 is 32.4 Å². The van der Waals surface area contributed by atoms with Crippen LogP contribution in [0, 0.1) is 34.5 Å². The van der Waals surface area contributed by atoms with Gasteiger partial charge in [0.05, 0.1) is 17.0 Å². The standard InChI is InChI=1S/C40H62N2O7S/c1-39(2)31-26-42-35(34(31)39)32(44)24-27(36(45)37(46)41-29-18-19-29)15-10-7-5-3-4-6-8-11-16-28(38(42)47)23-30(43)25-40(20-12-9-13-21-40)33-17-14-22-50(33,48)49/h27-29,31,33-35H,3-26H2,1-2H3,(H,41,46)/t27-,28-,31+,33+,34+,35-/m1/s1. The molecule has 9 nitrogen and oxygen atoms in total. The number of hydrogen-bond acceptors (Lipinski definition) is 7. The maximum Gasteiger partial charge on any atom is 0.287 e. The first kappa shape index (κ1) is 37.7. The van der Waals surface area contributed by atoms with E-state index in [1.165, 1.54) is 0 Å². The van der Waals surface area contributed by atoms with E-state index in [0.717, 1.165) is 96.3 Å². The zero-order valence-corrected chi connectivity index (χ0v) is 31.5. The van der Waals surface area contributed by atoms with Gasteiger partial charge in [-0.25, -0.2) is 8.42 Å². The smallest absolute Gasteiger partial charge is 0.287 e. The highest BCUT2D eigenvalue weighted by Gasteiger charge is 2.69. The zero-order chi connectivity index (χ0) is 35.7. The largest absolute Gasteiger partial charge is 0.347 e. The van der Waals surface area contributed by atoms with Gasteiger partial charge in [-0.05, 0) is 74.0 Å². The predicted molar refractivity (Wildman–Crippen MR) is 192 cm³/mol. The fraction of sp³-hybridized carbons (Fsp3) is 0.875. The van der Waals surface area contributed by atoms with Gasteiger partial charge in [0.1, 0.15) is 5.78 Å². The summed E-state index contributed by atoms with van der Waals surface area (Å²) in [5.41, 5.74) is -0.625. The lowest BCUT2D eigenvalue weighted by molar-refractivity contribution is -0.146. The Morgan fingerprint density at radius 3 is 2.04 bits per heavy atom. The van der Waals surface area contributed by atoms with Crippen LogP contribution in [0.1, 0.15) is 155 Å². The molecule has 0 aromatic carbocycles.